The highest BCUT2D eigenvalue weighted by Crippen LogP contribution is 2.36. The maximum atomic E-state index is 13.1. The number of nitrogens with one attached hydrogen (secondary N) is 1. The van der Waals surface area contributed by atoms with Gasteiger partial charge in [0.25, 0.3) is 5.56 Å². The van der Waals surface area contributed by atoms with E-state index in [2.05, 4.69) is 10.2 Å². The number of amides is 1. The number of nitrogen functional groups attached to an aromatic ring is 1. The van der Waals surface area contributed by atoms with Crippen LogP contribution in [0, 0.1) is 0 Å². The van der Waals surface area contributed by atoms with Crippen LogP contribution in [-0.2, 0) is 11.3 Å². The molecule has 40 heavy (non-hydrogen) atoms. The molecule has 1 fully saturated rings. The predicted octanol–water partition coefficient (Wildman–Crippen LogP) is 5.74. The van der Waals surface area contributed by atoms with Gasteiger partial charge in [0.15, 0.2) is 5.82 Å². The molecule has 3 heterocycles. The third-order valence-electron chi connectivity index (χ3n) is 7.18. The van der Waals surface area contributed by atoms with E-state index in [0.29, 0.717) is 29.7 Å². The fraction of sp³-hybridized carbons (Fsp3) is 0.194. The largest absolute Gasteiger partial charge is 0.457 e. The summed E-state index contributed by atoms with van der Waals surface area (Å²) in [6.45, 7) is 1.23. The number of nitrogens with zero attached hydrogens (tertiary/aromatic N) is 3. The molecular formula is C31H29N5O4. The number of nitrogens with two attached hydrogens (primary N) is 1. The van der Waals surface area contributed by atoms with Crippen LogP contribution >= 0.6 is 0 Å². The minimum Gasteiger partial charge on any atom is -0.457 e. The van der Waals surface area contributed by atoms with Gasteiger partial charge in [0.2, 0.25) is 0 Å². The molecule has 0 saturated carbocycles. The fourth-order valence-electron chi connectivity index (χ4n) is 5.23. The quantitative estimate of drug-likeness (QED) is 0.287. The highest BCUT2D eigenvalue weighted by atomic mass is 16.6. The van der Waals surface area contributed by atoms with Gasteiger partial charge >= 0.3 is 6.09 Å². The van der Waals surface area contributed by atoms with Crippen molar-refractivity contribution in [1.82, 2.24) is 19.7 Å². The van der Waals surface area contributed by atoms with Gasteiger partial charge in [0.05, 0.1) is 11.4 Å². The first kappa shape index (κ1) is 25.2. The maximum Gasteiger partial charge on any atom is 0.410 e. The van der Waals surface area contributed by atoms with Crippen LogP contribution in [0.3, 0.4) is 0 Å². The first-order valence-corrected chi connectivity index (χ1v) is 13.2. The molecule has 2 aromatic heterocycles. The van der Waals surface area contributed by atoms with E-state index in [9.17, 15) is 9.59 Å². The number of carbonyl (C=O) groups is 1. The number of benzene rings is 3. The average Bonchev–Trinajstić information content (AvgIpc) is 3.42. The van der Waals surface area contributed by atoms with Crippen molar-refractivity contribution < 1.29 is 14.3 Å². The number of H-pyrrole nitrogens is 1. The summed E-state index contributed by atoms with van der Waals surface area (Å²) >= 11 is 0. The molecule has 0 spiro atoms. The molecule has 1 aliphatic heterocycles. The van der Waals surface area contributed by atoms with Crippen molar-refractivity contribution in [3.63, 3.8) is 0 Å². The first-order valence-electron chi connectivity index (χ1n) is 13.2. The van der Waals surface area contributed by atoms with Crippen LogP contribution in [0.25, 0.3) is 22.0 Å². The molecular weight excluding hydrogens is 506 g/mol. The monoisotopic (exact) mass is 535 g/mol. The lowest BCUT2D eigenvalue weighted by Crippen LogP contribution is -2.41. The average molecular weight is 536 g/mol. The van der Waals surface area contributed by atoms with Crippen LogP contribution in [-0.4, -0.2) is 38.8 Å². The van der Waals surface area contributed by atoms with E-state index in [1.807, 2.05) is 95.7 Å². The molecule has 1 atom stereocenters. The Labute approximate surface area is 230 Å². The van der Waals surface area contributed by atoms with Crippen molar-refractivity contribution in [3.8, 4) is 22.6 Å². The molecule has 0 bridgehead atoms. The Morgan fingerprint density at radius 2 is 1.68 bits per heavy atom. The van der Waals surface area contributed by atoms with Crippen LogP contribution in [0.5, 0.6) is 11.5 Å². The molecule has 202 valence electrons. The van der Waals surface area contributed by atoms with E-state index in [1.54, 1.807) is 4.90 Å². The number of ether oxygens (including phenoxy) is 2. The third-order valence-corrected chi connectivity index (χ3v) is 7.18. The van der Waals surface area contributed by atoms with Gasteiger partial charge in [0.1, 0.15) is 23.6 Å². The SMILES string of the molecule is Nc1n[nH]c(=O)c2c1c(-c1ccc(Oc3ccccc3)cc1)cn2[C@@H]1CCCN(C(=O)OCc2ccccc2)C1. The normalized spacial score (nSPS) is 15.2. The highest BCUT2D eigenvalue weighted by Gasteiger charge is 2.29. The summed E-state index contributed by atoms with van der Waals surface area (Å²) in [4.78, 5) is 27.7. The zero-order valence-electron chi connectivity index (χ0n) is 21.8. The Morgan fingerprint density at radius 3 is 2.42 bits per heavy atom. The number of piperidine rings is 1. The van der Waals surface area contributed by atoms with E-state index >= 15 is 0 Å². The number of aromatic nitrogens is 3. The molecule has 3 aromatic carbocycles. The molecule has 9 nitrogen and oxygen atoms in total. The summed E-state index contributed by atoms with van der Waals surface area (Å²) in [7, 11) is 0. The second-order valence-corrected chi connectivity index (χ2v) is 9.83. The summed E-state index contributed by atoms with van der Waals surface area (Å²) in [5.41, 5.74) is 9.01. The number of para-hydroxylation sites is 1. The molecule has 0 unspecified atom stereocenters. The van der Waals surface area contributed by atoms with Crippen LogP contribution in [0.15, 0.2) is 95.9 Å². The lowest BCUT2D eigenvalue weighted by atomic mass is 10.1. The van der Waals surface area contributed by atoms with Crippen molar-refractivity contribution in [1.29, 1.82) is 0 Å². The van der Waals surface area contributed by atoms with Crippen molar-refractivity contribution >= 4 is 22.8 Å². The minimum atomic E-state index is -0.366. The Bertz CT molecular complexity index is 1680. The van der Waals surface area contributed by atoms with E-state index in [1.165, 1.54) is 0 Å². The Morgan fingerprint density at radius 1 is 0.975 bits per heavy atom. The summed E-state index contributed by atoms with van der Waals surface area (Å²) in [6, 6.07) is 26.7. The molecule has 9 heteroatoms. The third kappa shape index (κ3) is 5.13. The van der Waals surface area contributed by atoms with Gasteiger partial charge in [-0.25, -0.2) is 9.89 Å². The molecule has 1 aliphatic rings. The summed E-state index contributed by atoms with van der Waals surface area (Å²) in [6.07, 6.45) is 3.16. The molecule has 0 radical (unpaired) electrons. The number of anilines is 1. The van der Waals surface area contributed by atoms with Gasteiger partial charge in [-0.05, 0) is 48.2 Å². The van der Waals surface area contributed by atoms with E-state index in [4.69, 9.17) is 15.2 Å². The van der Waals surface area contributed by atoms with Crippen molar-refractivity contribution in [3.05, 3.63) is 107 Å². The van der Waals surface area contributed by atoms with Gasteiger partial charge in [0, 0.05) is 24.8 Å². The lowest BCUT2D eigenvalue weighted by Gasteiger charge is -2.33. The summed E-state index contributed by atoms with van der Waals surface area (Å²) < 4.78 is 13.5. The lowest BCUT2D eigenvalue weighted by molar-refractivity contribution is 0.0806. The van der Waals surface area contributed by atoms with Crippen LogP contribution in [0.2, 0.25) is 0 Å². The maximum absolute atomic E-state index is 13.1. The molecule has 1 saturated heterocycles. The number of fused-ring (bicyclic) bond motifs is 1. The molecule has 0 aliphatic carbocycles. The number of carbonyl (C=O) groups excluding carboxylic acids is 1. The van der Waals surface area contributed by atoms with Crippen LogP contribution < -0.4 is 16.0 Å². The fourth-order valence-corrected chi connectivity index (χ4v) is 5.23. The minimum absolute atomic E-state index is 0.127. The number of rotatable bonds is 6. The highest BCUT2D eigenvalue weighted by molar-refractivity contribution is 6.02. The van der Waals surface area contributed by atoms with E-state index in [-0.39, 0.29) is 30.1 Å². The molecule has 1 amide bonds. The summed E-state index contributed by atoms with van der Waals surface area (Å²) in [5.74, 6) is 1.68. The van der Waals surface area contributed by atoms with Gasteiger partial charge in [-0.1, -0.05) is 60.7 Å². The van der Waals surface area contributed by atoms with Crippen LogP contribution in [0.1, 0.15) is 24.4 Å². The number of aromatic amines is 1. The number of likely N-dealkylation sites (tertiary alicyclic amines) is 1. The number of hydrogen-bond acceptors (Lipinski definition) is 6. The van der Waals surface area contributed by atoms with Gasteiger partial charge < -0.3 is 24.7 Å². The van der Waals surface area contributed by atoms with Gasteiger partial charge in [-0.15, -0.1) is 0 Å². The Balaban J connectivity index is 1.27. The topological polar surface area (TPSA) is 115 Å². The zero-order valence-corrected chi connectivity index (χ0v) is 21.8. The Hall–Kier alpha value is -5.05. The predicted molar refractivity (Wildman–Crippen MR) is 153 cm³/mol. The van der Waals surface area contributed by atoms with Gasteiger partial charge in [-0.3, -0.25) is 4.79 Å². The second kappa shape index (κ2) is 11.0. The zero-order chi connectivity index (χ0) is 27.5. The first-order chi connectivity index (χ1) is 19.6. The van der Waals surface area contributed by atoms with E-state index < -0.39 is 0 Å². The molecule has 6 rings (SSSR count). The Kier molecular flexibility index (Phi) is 6.93. The molecule has 3 N–H and O–H groups in total. The second-order valence-electron chi connectivity index (χ2n) is 9.83. The molecule has 5 aromatic rings. The van der Waals surface area contributed by atoms with Crippen molar-refractivity contribution in [2.45, 2.75) is 25.5 Å². The summed E-state index contributed by atoms with van der Waals surface area (Å²) in [5, 5.41) is 7.15. The number of hydrogen-bond donors (Lipinski definition) is 2. The van der Waals surface area contributed by atoms with Gasteiger partial charge in [-0.2, -0.15) is 5.10 Å². The van der Waals surface area contributed by atoms with Crippen molar-refractivity contribution in [2.24, 2.45) is 0 Å². The standard InChI is InChI=1S/C31H29N5O4/c32-29-27-26(22-13-15-25(16-14-22)40-24-11-5-2-6-12-24)19-36(28(27)30(37)34-33-29)23-10-7-17-35(18-23)31(38)39-20-21-8-3-1-4-9-21/h1-6,8-9,11-16,19,23H,7,10,17-18,20H2,(H2,32,33)(H,34,37)/t23-/m1/s1. The van der Waals surface area contributed by atoms with Crippen molar-refractivity contribution in [2.75, 3.05) is 18.8 Å². The van der Waals surface area contributed by atoms with Crippen LogP contribution in [0.4, 0.5) is 10.6 Å². The smallest absolute Gasteiger partial charge is 0.410 e. The van der Waals surface area contributed by atoms with E-state index in [0.717, 1.165) is 35.3 Å².